The van der Waals surface area contributed by atoms with E-state index in [9.17, 15) is 5.11 Å². The Hall–Kier alpha value is -1.08. The first-order valence-corrected chi connectivity index (χ1v) is 6.94. The van der Waals surface area contributed by atoms with Crippen molar-refractivity contribution in [3.63, 3.8) is 0 Å². The third kappa shape index (κ3) is 2.01. The smallest absolute Gasteiger partial charge is 0.101 e. The van der Waals surface area contributed by atoms with Crippen molar-refractivity contribution in [1.82, 2.24) is 0 Å². The number of hydrogen-bond acceptors (Lipinski definition) is 1. The van der Waals surface area contributed by atoms with Gasteiger partial charge in [-0.15, -0.1) is 0 Å². The van der Waals surface area contributed by atoms with E-state index < -0.39 is 0 Å². The summed E-state index contributed by atoms with van der Waals surface area (Å²) in [5.41, 5.74) is 6.43. The normalized spacial score (nSPS) is 19.3. The topological polar surface area (TPSA) is 20.2 Å². The molecule has 0 heterocycles. The van der Waals surface area contributed by atoms with E-state index in [4.69, 9.17) is 0 Å². The second kappa shape index (κ2) is 4.55. The molecule has 0 aromatic heterocycles. The van der Waals surface area contributed by atoms with Crippen molar-refractivity contribution in [2.75, 3.05) is 0 Å². The highest BCUT2D eigenvalue weighted by molar-refractivity contribution is 5.78. The molecule has 1 heteroatoms. The molecular formula is C17H24O. The van der Waals surface area contributed by atoms with Gasteiger partial charge in [-0.3, -0.25) is 0 Å². The molecule has 1 aromatic rings. The highest BCUT2D eigenvalue weighted by Crippen LogP contribution is 2.44. The third-order valence-corrected chi connectivity index (χ3v) is 3.99. The van der Waals surface area contributed by atoms with Crippen LogP contribution in [0.15, 0.2) is 23.8 Å². The summed E-state index contributed by atoms with van der Waals surface area (Å²) in [6.45, 7) is 11.0. The maximum atomic E-state index is 10.4. The van der Waals surface area contributed by atoms with Crippen LogP contribution >= 0.6 is 0 Å². The summed E-state index contributed by atoms with van der Waals surface area (Å²) >= 11 is 0. The van der Waals surface area contributed by atoms with Gasteiger partial charge in [0.25, 0.3) is 0 Å². The fourth-order valence-electron chi connectivity index (χ4n) is 2.87. The lowest BCUT2D eigenvalue weighted by Gasteiger charge is -2.20. The molecule has 1 N–H and O–H groups in total. The van der Waals surface area contributed by atoms with E-state index in [0.717, 1.165) is 18.4 Å². The van der Waals surface area contributed by atoms with Crippen LogP contribution in [0.5, 0.6) is 0 Å². The lowest BCUT2D eigenvalue weighted by Crippen LogP contribution is -2.11. The predicted molar refractivity (Wildman–Crippen MR) is 77.6 cm³/mol. The van der Waals surface area contributed by atoms with Gasteiger partial charge in [-0.2, -0.15) is 0 Å². The lowest BCUT2D eigenvalue weighted by atomic mass is 9.84. The highest BCUT2D eigenvalue weighted by Gasteiger charge is 2.28. The lowest BCUT2D eigenvalue weighted by molar-refractivity contribution is 0.216. The number of rotatable bonds is 2. The zero-order valence-corrected chi connectivity index (χ0v) is 12.2. The number of aliphatic hydroxyl groups excluding tert-OH is 1. The second-order valence-electron chi connectivity index (χ2n) is 6.17. The molecule has 1 unspecified atom stereocenters. The molecule has 0 bridgehead atoms. The van der Waals surface area contributed by atoms with Gasteiger partial charge in [0.2, 0.25) is 0 Å². The number of fused-ring (bicyclic) bond motifs is 1. The molecule has 1 nitrogen and oxygen atoms in total. The summed E-state index contributed by atoms with van der Waals surface area (Å²) in [6.07, 6.45) is 1.55. The first-order valence-electron chi connectivity index (χ1n) is 6.94. The van der Waals surface area contributed by atoms with Crippen LogP contribution in [0.3, 0.4) is 0 Å². The van der Waals surface area contributed by atoms with Crippen molar-refractivity contribution >= 4 is 5.57 Å². The van der Waals surface area contributed by atoms with Crippen LogP contribution in [0.2, 0.25) is 0 Å². The molecule has 0 amide bonds. The Morgan fingerprint density at radius 2 is 1.78 bits per heavy atom. The van der Waals surface area contributed by atoms with Gasteiger partial charge in [-0.25, -0.2) is 0 Å². The first-order chi connectivity index (χ1) is 8.40. The zero-order chi connectivity index (χ0) is 13.5. The van der Waals surface area contributed by atoms with Crippen LogP contribution in [0.4, 0.5) is 0 Å². The number of hydrogen-bond donors (Lipinski definition) is 1. The zero-order valence-electron chi connectivity index (χ0n) is 12.2. The summed E-state index contributed by atoms with van der Waals surface area (Å²) in [5, 5.41) is 10.4. The van der Waals surface area contributed by atoms with Gasteiger partial charge in [0.1, 0.15) is 6.10 Å². The Kier molecular flexibility index (Phi) is 3.37. The number of aliphatic hydroxyl groups is 1. The average Bonchev–Trinajstić information content (AvgIpc) is 2.60. The van der Waals surface area contributed by atoms with Crippen LogP contribution in [0, 0.1) is 0 Å². The molecule has 98 valence electrons. The molecule has 1 atom stereocenters. The maximum absolute atomic E-state index is 10.4. The van der Waals surface area contributed by atoms with Gasteiger partial charge in [-0.05, 0) is 46.1 Å². The van der Waals surface area contributed by atoms with Crippen LogP contribution in [-0.2, 0) is 5.41 Å². The van der Waals surface area contributed by atoms with Crippen molar-refractivity contribution in [3.8, 4) is 0 Å². The summed E-state index contributed by atoms with van der Waals surface area (Å²) < 4.78 is 0. The fraction of sp³-hybridized carbons (Fsp3) is 0.529. The van der Waals surface area contributed by atoms with E-state index in [1.54, 1.807) is 0 Å². The highest BCUT2D eigenvalue weighted by atomic mass is 16.3. The Morgan fingerprint density at radius 1 is 1.11 bits per heavy atom. The molecule has 2 rings (SSSR count). The van der Waals surface area contributed by atoms with Crippen LogP contribution < -0.4 is 0 Å². The van der Waals surface area contributed by atoms with Gasteiger partial charge in [0, 0.05) is 0 Å². The van der Waals surface area contributed by atoms with E-state index in [1.165, 1.54) is 22.3 Å². The average molecular weight is 244 g/mol. The number of allylic oxidation sites excluding steroid dienone is 1. The Balaban J connectivity index is 2.58. The Labute approximate surface area is 111 Å². The molecule has 0 saturated heterocycles. The van der Waals surface area contributed by atoms with Crippen LogP contribution in [0.25, 0.3) is 5.57 Å². The largest absolute Gasteiger partial charge is 0.384 e. The molecule has 0 aliphatic heterocycles. The molecule has 0 saturated carbocycles. The third-order valence-electron chi connectivity index (χ3n) is 3.99. The minimum Gasteiger partial charge on any atom is -0.384 e. The predicted octanol–water partition coefficient (Wildman–Crippen LogP) is 4.60. The van der Waals surface area contributed by atoms with Gasteiger partial charge < -0.3 is 5.11 Å². The summed E-state index contributed by atoms with van der Waals surface area (Å²) in [5.74, 6) is 0. The van der Waals surface area contributed by atoms with Crippen molar-refractivity contribution in [2.24, 2.45) is 0 Å². The quantitative estimate of drug-likeness (QED) is 0.805. The minimum atomic E-state index is -0.381. The van der Waals surface area contributed by atoms with Gasteiger partial charge >= 0.3 is 0 Å². The van der Waals surface area contributed by atoms with Crippen molar-refractivity contribution in [2.45, 2.75) is 59.0 Å². The monoisotopic (exact) mass is 244 g/mol. The van der Waals surface area contributed by atoms with E-state index in [1.807, 2.05) is 0 Å². The summed E-state index contributed by atoms with van der Waals surface area (Å²) in [4.78, 5) is 0. The van der Waals surface area contributed by atoms with E-state index >= 15 is 0 Å². The van der Waals surface area contributed by atoms with Crippen molar-refractivity contribution < 1.29 is 5.11 Å². The second-order valence-corrected chi connectivity index (χ2v) is 6.17. The minimum absolute atomic E-state index is 0.161. The van der Waals surface area contributed by atoms with Gasteiger partial charge in [-0.1, -0.05) is 52.8 Å². The molecule has 0 radical (unpaired) electrons. The molecule has 0 fully saturated rings. The summed E-state index contributed by atoms with van der Waals surface area (Å²) in [7, 11) is 0. The van der Waals surface area contributed by atoms with Crippen LogP contribution in [0.1, 0.15) is 70.3 Å². The Bertz CT molecular complexity index is 489. The number of benzene rings is 1. The Morgan fingerprint density at radius 3 is 2.28 bits per heavy atom. The SMILES string of the molecule is CCC1=C(CC)C(O)c2ccc(C(C)(C)C)cc21. The molecule has 1 aliphatic rings. The van der Waals surface area contributed by atoms with Crippen molar-refractivity contribution in [1.29, 1.82) is 0 Å². The molecule has 1 aromatic carbocycles. The summed E-state index contributed by atoms with van der Waals surface area (Å²) in [6, 6.07) is 6.55. The van der Waals surface area contributed by atoms with Crippen LogP contribution in [-0.4, -0.2) is 5.11 Å². The molecular weight excluding hydrogens is 220 g/mol. The first kappa shape index (κ1) is 13.4. The molecule has 18 heavy (non-hydrogen) atoms. The molecule has 0 spiro atoms. The standard InChI is InChI=1S/C17H24O/c1-6-12-13(7-2)16(18)14-9-8-11(10-15(12)14)17(3,4)5/h8-10,16,18H,6-7H2,1-5H3. The van der Waals surface area contributed by atoms with E-state index in [-0.39, 0.29) is 11.5 Å². The fourth-order valence-corrected chi connectivity index (χ4v) is 2.87. The van der Waals surface area contributed by atoms with Crippen molar-refractivity contribution in [3.05, 3.63) is 40.5 Å². The maximum Gasteiger partial charge on any atom is 0.101 e. The molecule has 1 aliphatic carbocycles. The van der Waals surface area contributed by atoms with E-state index in [2.05, 4.69) is 52.8 Å². The van der Waals surface area contributed by atoms with Gasteiger partial charge in [0.05, 0.1) is 0 Å². The van der Waals surface area contributed by atoms with E-state index in [0.29, 0.717) is 0 Å². The van der Waals surface area contributed by atoms with Gasteiger partial charge in [0.15, 0.2) is 0 Å².